The zero-order valence-corrected chi connectivity index (χ0v) is 31.1. The molecule has 4 heteroatoms. The molecule has 1 spiro atoms. The van der Waals surface area contributed by atoms with Gasteiger partial charge in [0.15, 0.2) is 0 Å². The first-order valence-corrected chi connectivity index (χ1v) is 19.9. The molecule has 268 valence electrons. The van der Waals surface area contributed by atoms with E-state index in [2.05, 4.69) is 196 Å². The van der Waals surface area contributed by atoms with E-state index < -0.39 is 0 Å². The molecule has 0 saturated carbocycles. The molecule has 1 N–H and O–H groups in total. The summed E-state index contributed by atoms with van der Waals surface area (Å²) in [6.07, 6.45) is 8.72. The van der Waals surface area contributed by atoms with E-state index in [0.717, 1.165) is 41.7 Å². The number of para-hydroxylation sites is 1. The van der Waals surface area contributed by atoms with E-state index in [1.165, 1.54) is 83.0 Å². The lowest BCUT2D eigenvalue weighted by Crippen LogP contribution is -2.25. The van der Waals surface area contributed by atoms with Crippen molar-refractivity contribution in [3.63, 3.8) is 0 Å². The summed E-state index contributed by atoms with van der Waals surface area (Å²) < 4.78 is 4.82. The average Bonchev–Trinajstić information content (AvgIpc) is 3.99. The minimum atomic E-state index is -0.387. The monoisotopic (exact) mass is 727 g/mol. The minimum absolute atomic E-state index is 0.387. The fraction of sp³-hybridized carbons (Fsp3) is 0.0566. The van der Waals surface area contributed by atoms with Crippen LogP contribution in [0.1, 0.15) is 33.5 Å². The molecule has 0 amide bonds. The number of rotatable bonds is 3. The maximum absolute atomic E-state index is 4.85. The van der Waals surface area contributed by atoms with Crippen molar-refractivity contribution in [3.05, 3.63) is 209 Å². The fourth-order valence-corrected chi connectivity index (χ4v) is 10.7. The van der Waals surface area contributed by atoms with Gasteiger partial charge in [-0.3, -0.25) is 4.57 Å². The van der Waals surface area contributed by atoms with Crippen LogP contribution < -0.4 is 5.32 Å². The largest absolute Gasteiger partial charge is 0.679 e. The summed E-state index contributed by atoms with van der Waals surface area (Å²) in [7, 11) is 0. The summed E-state index contributed by atoms with van der Waals surface area (Å²) in [5.74, 6) is 1.11. The van der Waals surface area contributed by atoms with Crippen molar-refractivity contribution < 1.29 is 0 Å². The summed E-state index contributed by atoms with van der Waals surface area (Å²) in [6, 6.07) is 59.0. The van der Waals surface area contributed by atoms with Crippen molar-refractivity contribution in [2.45, 2.75) is 5.41 Å². The van der Waals surface area contributed by atoms with Crippen molar-refractivity contribution >= 4 is 45.5 Å². The zero-order chi connectivity index (χ0) is 37.2. The third-order valence-corrected chi connectivity index (χ3v) is 12.9. The molecular formula is C53H35N4-. The standard InChI is InChI=1S/C53H35N4/c1-5-16-43-37(11-1)38-12-2-6-17-44(38)53(43)45-18-7-3-14-41(45)49-46(53)30-29-40-39-13-4-8-19-47(39)56(51(40)49)35-25-21-33(22-26-35)34-23-27-36(28-24-34)57-48-20-10-31-54-50(48)42-15-9-32-55-52(42)57/h1-30,55H,31-32H2/q-1. The van der Waals surface area contributed by atoms with Gasteiger partial charge in [-0.15, -0.1) is 18.3 Å². The highest BCUT2D eigenvalue weighted by Gasteiger charge is 2.52. The smallest absolute Gasteiger partial charge is 0.117 e. The summed E-state index contributed by atoms with van der Waals surface area (Å²) in [5.41, 5.74) is 20.9. The highest BCUT2D eigenvalue weighted by molar-refractivity contribution is 6.16. The molecule has 4 nitrogen and oxygen atoms in total. The van der Waals surface area contributed by atoms with Gasteiger partial charge < -0.3 is 15.2 Å². The number of benzene rings is 7. The molecule has 9 aromatic rings. The van der Waals surface area contributed by atoms with Crippen molar-refractivity contribution in [2.75, 3.05) is 18.4 Å². The molecule has 0 bridgehead atoms. The lowest BCUT2D eigenvalue weighted by molar-refractivity contribution is 0.794. The quantitative estimate of drug-likeness (QED) is 0.193. The van der Waals surface area contributed by atoms with E-state index in [1.54, 1.807) is 0 Å². The van der Waals surface area contributed by atoms with Crippen LogP contribution in [0.25, 0.3) is 84.0 Å². The Balaban J connectivity index is 0.978. The number of aromatic nitrogens is 2. The zero-order valence-electron chi connectivity index (χ0n) is 31.1. The fourth-order valence-electron chi connectivity index (χ4n) is 10.7. The van der Waals surface area contributed by atoms with Gasteiger partial charge in [0.05, 0.1) is 16.4 Å². The Kier molecular flexibility index (Phi) is 6.18. The van der Waals surface area contributed by atoms with E-state index in [-0.39, 0.29) is 5.41 Å². The van der Waals surface area contributed by atoms with Gasteiger partial charge in [0.1, 0.15) is 5.82 Å². The van der Waals surface area contributed by atoms with E-state index in [9.17, 15) is 0 Å². The van der Waals surface area contributed by atoms with Crippen LogP contribution in [0, 0.1) is 0 Å². The highest BCUT2D eigenvalue weighted by atomic mass is 15.2. The SMILES string of the molecule is C1=Cc2c(c3c(n2-c2ccc(-c4ccc(-n5c6ccccc6c6ccc7c(c65)-c5ccccc5C75c6ccccc6-c6ccccc65)cc4)cc2)NCC=C3)[N-]C1. The van der Waals surface area contributed by atoms with Gasteiger partial charge in [-0.05, 0) is 86.5 Å². The molecule has 0 atom stereocenters. The minimum Gasteiger partial charge on any atom is -0.679 e. The molecule has 0 saturated heterocycles. The van der Waals surface area contributed by atoms with Crippen molar-refractivity contribution in [1.82, 2.24) is 9.13 Å². The number of hydrogen-bond donors (Lipinski definition) is 1. The summed E-state index contributed by atoms with van der Waals surface area (Å²) in [6.45, 7) is 1.54. The van der Waals surface area contributed by atoms with Crippen molar-refractivity contribution in [3.8, 4) is 44.8 Å². The topological polar surface area (TPSA) is 36.0 Å². The molecule has 4 heterocycles. The van der Waals surface area contributed by atoms with E-state index in [4.69, 9.17) is 5.32 Å². The lowest BCUT2D eigenvalue weighted by atomic mass is 9.70. The van der Waals surface area contributed by atoms with Crippen LogP contribution >= 0.6 is 0 Å². The van der Waals surface area contributed by atoms with E-state index in [0.29, 0.717) is 0 Å². The maximum atomic E-state index is 4.85. The van der Waals surface area contributed by atoms with Crippen LogP contribution in [0.15, 0.2) is 170 Å². The molecule has 2 aliphatic heterocycles. The highest BCUT2D eigenvalue weighted by Crippen LogP contribution is 2.64. The molecule has 2 aliphatic carbocycles. The van der Waals surface area contributed by atoms with Crippen molar-refractivity contribution in [1.29, 1.82) is 0 Å². The molecule has 13 rings (SSSR count). The van der Waals surface area contributed by atoms with Crippen molar-refractivity contribution in [2.24, 2.45) is 0 Å². The van der Waals surface area contributed by atoms with Gasteiger partial charge >= 0.3 is 0 Å². The molecule has 57 heavy (non-hydrogen) atoms. The Bertz CT molecular complexity index is 3180. The summed E-state index contributed by atoms with van der Waals surface area (Å²) in [5, 5.41) is 11.0. The Hall–Kier alpha value is -7.30. The third-order valence-electron chi connectivity index (χ3n) is 12.9. The summed E-state index contributed by atoms with van der Waals surface area (Å²) >= 11 is 0. The molecule has 0 fully saturated rings. The van der Waals surface area contributed by atoms with Gasteiger partial charge in [-0.1, -0.05) is 140 Å². The Labute approximate surface area is 330 Å². The Morgan fingerprint density at radius 1 is 0.509 bits per heavy atom. The molecule has 7 aromatic carbocycles. The Morgan fingerprint density at radius 2 is 1.12 bits per heavy atom. The maximum Gasteiger partial charge on any atom is 0.117 e. The second-order valence-electron chi connectivity index (χ2n) is 15.6. The van der Waals surface area contributed by atoms with Gasteiger partial charge in [0, 0.05) is 45.5 Å². The number of anilines is 1. The lowest BCUT2D eigenvalue weighted by Gasteiger charge is -2.30. The van der Waals surface area contributed by atoms with Crippen LogP contribution in [0.5, 0.6) is 0 Å². The number of hydrogen-bond acceptors (Lipinski definition) is 1. The van der Waals surface area contributed by atoms with Crippen LogP contribution in [-0.4, -0.2) is 22.2 Å². The third kappa shape index (κ3) is 3.96. The first-order valence-electron chi connectivity index (χ1n) is 19.9. The first kappa shape index (κ1) is 31.0. The second kappa shape index (κ2) is 11.4. The number of fused-ring (bicyclic) bond motifs is 17. The Morgan fingerprint density at radius 3 is 1.84 bits per heavy atom. The number of nitrogens with one attached hydrogen (secondary N) is 1. The van der Waals surface area contributed by atoms with Gasteiger partial charge in [-0.25, -0.2) is 0 Å². The summed E-state index contributed by atoms with van der Waals surface area (Å²) in [4.78, 5) is 0. The second-order valence-corrected chi connectivity index (χ2v) is 15.6. The predicted octanol–water partition coefficient (Wildman–Crippen LogP) is 13.1. The van der Waals surface area contributed by atoms with Gasteiger partial charge in [0.25, 0.3) is 0 Å². The average molecular weight is 728 g/mol. The normalized spacial score (nSPS) is 14.8. The molecular weight excluding hydrogens is 693 g/mol. The van der Waals surface area contributed by atoms with Gasteiger partial charge in [0.2, 0.25) is 0 Å². The van der Waals surface area contributed by atoms with E-state index >= 15 is 0 Å². The molecule has 4 aliphatic rings. The molecule has 0 unspecified atom stereocenters. The first-order chi connectivity index (χ1) is 28.3. The van der Waals surface area contributed by atoms with Crippen LogP contribution in [0.2, 0.25) is 0 Å². The molecule has 2 aromatic heterocycles. The van der Waals surface area contributed by atoms with E-state index in [1.807, 2.05) is 0 Å². The predicted molar refractivity (Wildman–Crippen MR) is 236 cm³/mol. The van der Waals surface area contributed by atoms with Crippen LogP contribution in [-0.2, 0) is 5.41 Å². The van der Waals surface area contributed by atoms with Crippen LogP contribution in [0.3, 0.4) is 0 Å². The van der Waals surface area contributed by atoms with Crippen LogP contribution in [0.4, 0.5) is 11.5 Å². The number of nitrogens with zero attached hydrogens (tertiary/aromatic N) is 3. The van der Waals surface area contributed by atoms with Gasteiger partial charge in [-0.2, -0.15) is 0 Å². The molecule has 0 radical (unpaired) electrons.